The molecule has 0 spiro atoms. The Balaban J connectivity index is 1.80. The molecule has 8 heteroatoms. The number of benzene rings is 1. The average molecular weight is 345 g/mol. The van der Waals surface area contributed by atoms with Crippen molar-refractivity contribution in [2.45, 2.75) is 12.1 Å². The molecule has 0 fully saturated rings. The second-order valence-corrected chi connectivity index (χ2v) is 6.42. The molecule has 126 valence electrons. The van der Waals surface area contributed by atoms with Gasteiger partial charge in [0.15, 0.2) is 5.65 Å². The van der Waals surface area contributed by atoms with Crippen molar-refractivity contribution in [1.82, 2.24) is 25.1 Å². The summed E-state index contributed by atoms with van der Waals surface area (Å²) in [6.07, 6.45) is 0. The van der Waals surface area contributed by atoms with E-state index in [1.165, 1.54) is 17.3 Å². The molecule has 0 aliphatic heterocycles. The van der Waals surface area contributed by atoms with E-state index in [0.29, 0.717) is 18.3 Å². The summed E-state index contributed by atoms with van der Waals surface area (Å²) < 4.78 is 6.90. The van der Waals surface area contributed by atoms with E-state index in [4.69, 9.17) is 4.74 Å². The fraction of sp³-hybridized carbons (Fsp3) is 0.375. The molecule has 24 heavy (non-hydrogen) atoms. The Kier molecular flexibility index (Phi) is 4.96. The van der Waals surface area contributed by atoms with Gasteiger partial charge in [-0.2, -0.15) is 0 Å². The number of aryl methyl sites for hydroxylation is 2. The van der Waals surface area contributed by atoms with Crippen LogP contribution in [0.15, 0.2) is 23.4 Å². The number of rotatable bonds is 6. The van der Waals surface area contributed by atoms with Crippen molar-refractivity contribution in [3.63, 3.8) is 0 Å². The first-order valence-corrected chi connectivity index (χ1v) is 8.56. The third-order valence-corrected chi connectivity index (χ3v) is 4.53. The molecule has 0 unspecified atom stereocenters. The Bertz CT molecular complexity index is 893. The summed E-state index contributed by atoms with van der Waals surface area (Å²) in [6.45, 7) is 3.04. The monoisotopic (exact) mass is 345 g/mol. The molecular weight excluding hydrogens is 326 g/mol. The molecule has 3 aromatic rings. The highest BCUT2D eigenvalue weighted by atomic mass is 32.2. The maximum Gasteiger partial charge on any atom is 0.230 e. The number of thioether (sulfide) groups is 1. The number of fused-ring (bicyclic) bond motifs is 3. The molecule has 0 aliphatic carbocycles. The standard InChI is InChI=1S/C16H19N5O2S/c1-10-4-5-12-11(8-10)14-15(21(12)2)18-16(20-19-14)24-9-13(22)17-6-7-23-3/h4-5,8H,6-7,9H2,1-3H3,(H,17,22). The molecule has 0 atom stereocenters. The van der Waals surface area contributed by atoms with Crippen LogP contribution in [0.1, 0.15) is 5.56 Å². The van der Waals surface area contributed by atoms with Crippen LogP contribution in [-0.2, 0) is 16.6 Å². The van der Waals surface area contributed by atoms with Crippen LogP contribution in [0.2, 0.25) is 0 Å². The Labute approximate surface area is 143 Å². The van der Waals surface area contributed by atoms with E-state index in [1.807, 2.05) is 18.5 Å². The number of hydrogen-bond donors (Lipinski definition) is 1. The number of nitrogens with zero attached hydrogens (tertiary/aromatic N) is 4. The number of aromatic nitrogens is 4. The minimum atomic E-state index is -0.0755. The van der Waals surface area contributed by atoms with Crippen molar-refractivity contribution in [3.8, 4) is 0 Å². The van der Waals surface area contributed by atoms with Crippen LogP contribution >= 0.6 is 11.8 Å². The van der Waals surface area contributed by atoms with Gasteiger partial charge in [0, 0.05) is 26.1 Å². The fourth-order valence-electron chi connectivity index (χ4n) is 2.49. The summed E-state index contributed by atoms with van der Waals surface area (Å²) in [5.41, 5.74) is 3.79. The highest BCUT2D eigenvalue weighted by Crippen LogP contribution is 2.26. The lowest BCUT2D eigenvalue weighted by atomic mass is 10.2. The zero-order valence-corrected chi connectivity index (χ0v) is 14.7. The molecule has 1 aromatic carbocycles. The smallest absolute Gasteiger partial charge is 0.230 e. The van der Waals surface area contributed by atoms with Crippen molar-refractivity contribution >= 4 is 39.7 Å². The molecule has 0 bridgehead atoms. The van der Waals surface area contributed by atoms with Crippen LogP contribution in [0.3, 0.4) is 0 Å². The van der Waals surface area contributed by atoms with Gasteiger partial charge in [-0.1, -0.05) is 23.4 Å². The van der Waals surface area contributed by atoms with Crippen LogP contribution in [0.4, 0.5) is 0 Å². The Morgan fingerprint density at radius 2 is 2.21 bits per heavy atom. The number of hydrogen-bond acceptors (Lipinski definition) is 6. The molecule has 3 rings (SSSR count). The largest absolute Gasteiger partial charge is 0.383 e. The Morgan fingerprint density at radius 3 is 3.00 bits per heavy atom. The SMILES string of the molecule is COCCNC(=O)CSc1nnc2c3cc(C)ccc3n(C)c2n1. The molecule has 0 saturated heterocycles. The third-order valence-electron chi connectivity index (χ3n) is 3.70. The van der Waals surface area contributed by atoms with Gasteiger partial charge in [0.05, 0.1) is 17.9 Å². The normalized spacial score (nSPS) is 11.3. The third kappa shape index (κ3) is 3.34. The molecule has 1 amide bonds. The molecule has 0 saturated carbocycles. The molecular formula is C16H19N5O2S. The van der Waals surface area contributed by atoms with Gasteiger partial charge in [-0.05, 0) is 19.1 Å². The van der Waals surface area contributed by atoms with Gasteiger partial charge in [-0.15, -0.1) is 10.2 Å². The molecule has 7 nitrogen and oxygen atoms in total. The quantitative estimate of drug-likeness (QED) is 0.541. The minimum Gasteiger partial charge on any atom is -0.383 e. The molecule has 2 aromatic heterocycles. The minimum absolute atomic E-state index is 0.0755. The topological polar surface area (TPSA) is 81.9 Å². The van der Waals surface area contributed by atoms with Crippen LogP contribution in [-0.4, -0.2) is 51.7 Å². The van der Waals surface area contributed by atoms with E-state index >= 15 is 0 Å². The van der Waals surface area contributed by atoms with Gasteiger partial charge in [-0.3, -0.25) is 4.79 Å². The lowest BCUT2D eigenvalue weighted by Gasteiger charge is -2.03. The molecule has 2 heterocycles. The lowest BCUT2D eigenvalue weighted by molar-refractivity contribution is -0.118. The molecule has 0 radical (unpaired) electrons. The van der Waals surface area contributed by atoms with Crippen molar-refractivity contribution in [1.29, 1.82) is 0 Å². The summed E-state index contributed by atoms with van der Waals surface area (Å²) >= 11 is 1.27. The first kappa shape index (κ1) is 16.7. The van der Waals surface area contributed by atoms with Crippen molar-refractivity contribution in [3.05, 3.63) is 23.8 Å². The van der Waals surface area contributed by atoms with E-state index in [-0.39, 0.29) is 11.7 Å². The van der Waals surface area contributed by atoms with Gasteiger partial charge < -0.3 is 14.6 Å². The first-order valence-electron chi connectivity index (χ1n) is 7.58. The van der Waals surface area contributed by atoms with Gasteiger partial charge >= 0.3 is 0 Å². The van der Waals surface area contributed by atoms with Gasteiger partial charge in [0.25, 0.3) is 0 Å². The summed E-state index contributed by atoms with van der Waals surface area (Å²) in [4.78, 5) is 16.3. The maximum atomic E-state index is 11.7. The second-order valence-electron chi connectivity index (χ2n) is 5.48. The summed E-state index contributed by atoms with van der Waals surface area (Å²) in [6, 6.07) is 6.21. The maximum absolute atomic E-state index is 11.7. The number of carbonyl (C=O) groups is 1. The van der Waals surface area contributed by atoms with Crippen molar-refractivity contribution < 1.29 is 9.53 Å². The molecule has 1 N–H and O–H groups in total. The first-order chi connectivity index (χ1) is 11.6. The van der Waals surface area contributed by atoms with Gasteiger partial charge in [0.2, 0.25) is 11.1 Å². The zero-order valence-electron chi connectivity index (χ0n) is 13.9. The summed E-state index contributed by atoms with van der Waals surface area (Å²) in [5, 5.41) is 12.8. The number of carbonyl (C=O) groups excluding carboxylic acids is 1. The number of ether oxygens (including phenoxy) is 1. The fourth-order valence-corrected chi connectivity index (χ4v) is 3.10. The predicted molar refractivity (Wildman–Crippen MR) is 94.2 cm³/mol. The van der Waals surface area contributed by atoms with Crippen LogP contribution in [0.25, 0.3) is 22.1 Å². The van der Waals surface area contributed by atoms with Crippen LogP contribution in [0.5, 0.6) is 0 Å². The van der Waals surface area contributed by atoms with Gasteiger partial charge in [-0.25, -0.2) is 4.98 Å². The second kappa shape index (κ2) is 7.14. The number of amides is 1. The molecule has 0 aliphatic rings. The summed E-state index contributed by atoms with van der Waals surface area (Å²) in [5.74, 6) is 0.174. The lowest BCUT2D eigenvalue weighted by Crippen LogP contribution is -2.28. The van der Waals surface area contributed by atoms with Crippen molar-refractivity contribution in [2.24, 2.45) is 7.05 Å². The number of nitrogens with one attached hydrogen (secondary N) is 1. The van der Waals surface area contributed by atoms with Gasteiger partial charge in [0.1, 0.15) is 5.52 Å². The van der Waals surface area contributed by atoms with E-state index < -0.39 is 0 Å². The van der Waals surface area contributed by atoms with Crippen LogP contribution in [0, 0.1) is 6.92 Å². The summed E-state index contributed by atoms with van der Waals surface area (Å²) in [7, 11) is 3.56. The van der Waals surface area contributed by atoms with E-state index in [0.717, 1.165) is 22.1 Å². The average Bonchev–Trinajstić information content (AvgIpc) is 2.85. The van der Waals surface area contributed by atoms with Crippen LogP contribution < -0.4 is 5.32 Å². The van der Waals surface area contributed by atoms with E-state index in [1.54, 1.807) is 7.11 Å². The Hall–Kier alpha value is -2.19. The zero-order chi connectivity index (χ0) is 17.1. The predicted octanol–water partition coefficient (Wildman–Crippen LogP) is 1.68. The van der Waals surface area contributed by atoms with Crippen molar-refractivity contribution in [2.75, 3.05) is 26.0 Å². The van der Waals surface area contributed by atoms with E-state index in [9.17, 15) is 4.79 Å². The van der Waals surface area contributed by atoms with E-state index in [2.05, 4.69) is 38.7 Å². The highest BCUT2D eigenvalue weighted by Gasteiger charge is 2.13. The Morgan fingerprint density at radius 1 is 1.38 bits per heavy atom. The highest BCUT2D eigenvalue weighted by molar-refractivity contribution is 7.99. The number of methoxy groups -OCH3 is 1.